The van der Waals surface area contributed by atoms with E-state index < -0.39 is 66.2 Å². The van der Waals surface area contributed by atoms with E-state index in [0.717, 1.165) is 0 Å². The lowest BCUT2D eigenvalue weighted by molar-refractivity contribution is -0.144. The second-order valence-electron chi connectivity index (χ2n) is 8.27. The van der Waals surface area contributed by atoms with Crippen molar-refractivity contribution in [1.29, 1.82) is 0 Å². The molecule has 1 aromatic carbocycles. The highest BCUT2D eigenvalue weighted by Gasteiger charge is 2.30. The Hall–Kier alpha value is -3.67. The molecule has 0 bridgehead atoms. The number of nitrogens with two attached hydrogens (primary N) is 1. The average Bonchev–Trinajstić information content (AvgIpc) is 2.75. The minimum Gasteiger partial charge on any atom is -0.508 e. The predicted octanol–water partition coefficient (Wildman–Crippen LogP) is -0.658. The van der Waals surface area contributed by atoms with Crippen LogP contribution in [0.1, 0.15) is 39.2 Å². The number of hydrogen-bond acceptors (Lipinski definition) is 7. The van der Waals surface area contributed by atoms with E-state index in [9.17, 15) is 34.2 Å². The Labute approximate surface area is 196 Å². The number of carbonyl (C=O) groups is 5. The summed E-state index contributed by atoms with van der Waals surface area (Å²) in [6.45, 7) is 4.53. The molecule has 0 spiro atoms. The topological polar surface area (TPSA) is 208 Å². The van der Waals surface area contributed by atoms with Gasteiger partial charge >= 0.3 is 11.9 Å². The quantitative estimate of drug-likeness (QED) is 0.191. The maximum Gasteiger partial charge on any atom is 0.326 e. The van der Waals surface area contributed by atoms with Crippen LogP contribution in [0, 0.1) is 5.92 Å². The molecule has 0 aliphatic carbocycles. The Morgan fingerprint density at radius 2 is 1.47 bits per heavy atom. The van der Waals surface area contributed by atoms with Crippen LogP contribution in [0.2, 0.25) is 0 Å². The number of aliphatic carboxylic acids is 2. The van der Waals surface area contributed by atoms with Gasteiger partial charge in [0.05, 0.1) is 6.04 Å². The predicted molar refractivity (Wildman–Crippen MR) is 121 cm³/mol. The lowest BCUT2D eigenvalue weighted by atomic mass is 10.0. The number of carboxylic acids is 2. The molecule has 0 saturated carbocycles. The van der Waals surface area contributed by atoms with Crippen molar-refractivity contribution in [3.8, 4) is 5.75 Å². The number of hydrogen-bond donors (Lipinski definition) is 7. The summed E-state index contributed by atoms with van der Waals surface area (Å²) in [6.07, 6.45) is -0.579. The maximum atomic E-state index is 12.6. The summed E-state index contributed by atoms with van der Waals surface area (Å²) in [5.74, 6) is -5.11. The van der Waals surface area contributed by atoms with Gasteiger partial charge in [-0.15, -0.1) is 0 Å². The summed E-state index contributed by atoms with van der Waals surface area (Å²) < 4.78 is 0. The zero-order chi connectivity index (χ0) is 26.0. The van der Waals surface area contributed by atoms with Crippen LogP contribution in [0.3, 0.4) is 0 Å². The molecule has 4 atom stereocenters. The number of benzene rings is 1. The molecule has 34 heavy (non-hydrogen) atoms. The molecule has 1 rings (SSSR count). The van der Waals surface area contributed by atoms with Gasteiger partial charge in [-0.25, -0.2) is 4.79 Å². The Morgan fingerprint density at radius 1 is 0.882 bits per heavy atom. The largest absolute Gasteiger partial charge is 0.508 e. The number of rotatable bonds is 13. The second-order valence-corrected chi connectivity index (χ2v) is 8.27. The molecule has 0 fully saturated rings. The molecule has 4 unspecified atom stereocenters. The average molecular weight is 481 g/mol. The second kappa shape index (κ2) is 13.1. The zero-order valence-corrected chi connectivity index (χ0v) is 19.3. The third-order valence-corrected chi connectivity index (χ3v) is 4.99. The standard InChI is InChI=1S/C22H32N4O8/c1-11(2)18(22(33)34)26-21(32)16(8-9-17(28)29)25-19(30)12(3)24-20(31)15(23)10-13-4-6-14(27)7-5-13/h4-7,11-12,15-16,18,27H,8-10,23H2,1-3H3,(H,24,31)(H,25,30)(H,26,32)(H,28,29)(H,33,34). The number of nitrogens with one attached hydrogen (secondary N) is 3. The third kappa shape index (κ3) is 9.45. The van der Waals surface area contributed by atoms with Crippen molar-refractivity contribution in [2.24, 2.45) is 11.7 Å². The number of phenolic OH excluding ortho intramolecular Hbond substituents is 1. The van der Waals surface area contributed by atoms with Gasteiger partial charge in [0, 0.05) is 6.42 Å². The highest BCUT2D eigenvalue weighted by Crippen LogP contribution is 2.11. The van der Waals surface area contributed by atoms with Crippen molar-refractivity contribution < 1.29 is 39.3 Å². The molecule has 1 aromatic rings. The van der Waals surface area contributed by atoms with Gasteiger partial charge in [-0.05, 0) is 43.4 Å². The molecule has 8 N–H and O–H groups in total. The Balaban J connectivity index is 2.78. The van der Waals surface area contributed by atoms with E-state index in [1.165, 1.54) is 19.1 Å². The summed E-state index contributed by atoms with van der Waals surface area (Å²) in [4.78, 5) is 59.8. The van der Waals surface area contributed by atoms with Crippen molar-refractivity contribution in [3.63, 3.8) is 0 Å². The molecule has 0 aliphatic heterocycles. The lowest BCUT2D eigenvalue weighted by Crippen LogP contribution is -2.57. The normalized spacial score (nSPS) is 14.4. The molecule has 0 heterocycles. The SMILES string of the molecule is CC(NC(=O)C(N)Cc1ccc(O)cc1)C(=O)NC(CCC(=O)O)C(=O)NC(C(=O)O)C(C)C. The third-order valence-electron chi connectivity index (χ3n) is 4.99. The van der Waals surface area contributed by atoms with Gasteiger partial charge in [0.2, 0.25) is 17.7 Å². The number of amides is 3. The van der Waals surface area contributed by atoms with Gasteiger partial charge in [-0.1, -0.05) is 26.0 Å². The van der Waals surface area contributed by atoms with Gasteiger partial charge in [-0.2, -0.15) is 0 Å². The highest BCUT2D eigenvalue weighted by atomic mass is 16.4. The molecular formula is C22H32N4O8. The molecular weight excluding hydrogens is 448 g/mol. The lowest BCUT2D eigenvalue weighted by Gasteiger charge is -2.24. The highest BCUT2D eigenvalue weighted by molar-refractivity contribution is 5.94. The minimum atomic E-state index is -1.32. The van der Waals surface area contributed by atoms with Gasteiger partial charge in [0.15, 0.2) is 0 Å². The van der Waals surface area contributed by atoms with E-state index in [1.54, 1.807) is 26.0 Å². The van der Waals surface area contributed by atoms with Crippen LogP contribution >= 0.6 is 0 Å². The van der Waals surface area contributed by atoms with Crippen LogP contribution < -0.4 is 21.7 Å². The van der Waals surface area contributed by atoms with Gasteiger partial charge < -0.3 is 37.0 Å². The van der Waals surface area contributed by atoms with Crippen molar-refractivity contribution in [2.45, 2.75) is 64.2 Å². The molecule has 0 saturated heterocycles. The number of carboxylic acid groups (broad SMARTS) is 2. The smallest absolute Gasteiger partial charge is 0.326 e. The monoisotopic (exact) mass is 480 g/mol. The minimum absolute atomic E-state index is 0.0663. The summed E-state index contributed by atoms with van der Waals surface area (Å²) in [5.41, 5.74) is 6.58. The van der Waals surface area contributed by atoms with Crippen molar-refractivity contribution in [1.82, 2.24) is 16.0 Å². The van der Waals surface area contributed by atoms with Crippen LogP contribution in [0.25, 0.3) is 0 Å². The number of phenols is 1. The molecule has 0 aliphatic rings. The summed E-state index contributed by atoms with van der Waals surface area (Å²) in [5, 5.41) is 34.6. The fourth-order valence-electron chi connectivity index (χ4n) is 2.97. The molecule has 12 heteroatoms. The van der Waals surface area contributed by atoms with Gasteiger partial charge in [-0.3, -0.25) is 19.2 Å². The first kappa shape index (κ1) is 28.4. The van der Waals surface area contributed by atoms with Crippen LogP contribution in [-0.2, 0) is 30.4 Å². The summed E-state index contributed by atoms with van der Waals surface area (Å²) >= 11 is 0. The van der Waals surface area contributed by atoms with E-state index in [0.29, 0.717) is 5.56 Å². The van der Waals surface area contributed by atoms with Crippen LogP contribution in [0.15, 0.2) is 24.3 Å². The van der Waals surface area contributed by atoms with Crippen LogP contribution in [-0.4, -0.2) is 69.1 Å². The van der Waals surface area contributed by atoms with Crippen molar-refractivity contribution in [3.05, 3.63) is 29.8 Å². The Bertz CT molecular complexity index is 887. The van der Waals surface area contributed by atoms with E-state index in [-0.39, 0.29) is 18.6 Å². The summed E-state index contributed by atoms with van der Waals surface area (Å²) in [7, 11) is 0. The van der Waals surface area contributed by atoms with E-state index in [1.807, 2.05) is 0 Å². The van der Waals surface area contributed by atoms with Gasteiger partial charge in [0.25, 0.3) is 0 Å². The van der Waals surface area contributed by atoms with Crippen LogP contribution in [0.4, 0.5) is 0 Å². The molecule has 12 nitrogen and oxygen atoms in total. The van der Waals surface area contributed by atoms with Crippen LogP contribution in [0.5, 0.6) is 5.75 Å². The summed E-state index contributed by atoms with van der Waals surface area (Å²) in [6, 6.07) is 1.45. The fourth-order valence-corrected chi connectivity index (χ4v) is 2.97. The van der Waals surface area contributed by atoms with E-state index in [4.69, 9.17) is 10.8 Å². The first-order valence-electron chi connectivity index (χ1n) is 10.7. The Morgan fingerprint density at radius 3 is 1.97 bits per heavy atom. The van der Waals surface area contributed by atoms with Crippen molar-refractivity contribution >= 4 is 29.7 Å². The molecule has 0 aromatic heterocycles. The first-order chi connectivity index (χ1) is 15.8. The number of carbonyl (C=O) groups excluding carboxylic acids is 3. The Kier molecular flexibility index (Phi) is 11.0. The maximum absolute atomic E-state index is 12.6. The molecule has 3 amide bonds. The molecule has 0 radical (unpaired) electrons. The molecule has 188 valence electrons. The number of aromatic hydroxyl groups is 1. The van der Waals surface area contributed by atoms with E-state index in [2.05, 4.69) is 16.0 Å². The zero-order valence-electron chi connectivity index (χ0n) is 19.3. The fraction of sp³-hybridized carbons (Fsp3) is 0.500. The van der Waals surface area contributed by atoms with Crippen molar-refractivity contribution in [2.75, 3.05) is 0 Å². The van der Waals surface area contributed by atoms with Gasteiger partial charge in [0.1, 0.15) is 23.9 Å². The first-order valence-corrected chi connectivity index (χ1v) is 10.7. The van der Waals surface area contributed by atoms with E-state index >= 15 is 0 Å².